The maximum Gasteiger partial charge on any atom is 0.249 e. The summed E-state index contributed by atoms with van der Waals surface area (Å²) in [7, 11) is 0. The molecule has 10 heteroatoms. The highest BCUT2D eigenvalue weighted by Crippen LogP contribution is 2.52. The van der Waals surface area contributed by atoms with E-state index in [1.807, 2.05) is 24.0 Å². The number of nitrogens with zero attached hydrogens (tertiary/aromatic N) is 3. The molecule has 0 aliphatic carbocycles. The van der Waals surface area contributed by atoms with Gasteiger partial charge in [0.2, 0.25) is 5.56 Å². The number of piperidine rings is 1. The van der Waals surface area contributed by atoms with Crippen LogP contribution in [-0.4, -0.2) is 60.9 Å². The number of pyridine rings is 2. The summed E-state index contributed by atoms with van der Waals surface area (Å²) in [5.41, 5.74) is 5.32. The summed E-state index contributed by atoms with van der Waals surface area (Å²) < 4.78 is 19.3. The number of hydrogen-bond donors (Lipinski definition) is 2. The van der Waals surface area contributed by atoms with E-state index in [-0.39, 0.29) is 24.4 Å². The molecule has 2 unspecified atom stereocenters. The molecule has 2 N–H and O–H groups in total. The SMILES string of the molecule is Cc1ccc(C(Nc2ccc3c(c2)Sc2cccc(C4CN(c5cc[nH]c(=O)c5)CCO4)c2S3)C2CCN(CCF)CC2)nc1. The number of nitrogens with one attached hydrogen (secondary N) is 2. The first-order valence-corrected chi connectivity index (χ1v) is 17.3. The maximum atomic E-state index is 13.0. The van der Waals surface area contributed by atoms with Gasteiger partial charge in [0.05, 0.1) is 18.3 Å². The first-order valence-electron chi connectivity index (χ1n) is 15.7. The van der Waals surface area contributed by atoms with Gasteiger partial charge in [-0.15, -0.1) is 0 Å². The van der Waals surface area contributed by atoms with Crippen molar-refractivity contribution in [3.8, 4) is 0 Å². The van der Waals surface area contributed by atoms with Gasteiger partial charge in [0.25, 0.3) is 0 Å². The van der Waals surface area contributed by atoms with Gasteiger partial charge in [0.15, 0.2) is 0 Å². The van der Waals surface area contributed by atoms with E-state index in [0.29, 0.717) is 25.6 Å². The van der Waals surface area contributed by atoms with Gasteiger partial charge < -0.3 is 24.8 Å². The van der Waals surface area contributed by atoms with Crippen LogP contribution in [0.15, 0.2) is 97.4 Å². The minimum absolute atomic E-state index is 0.0809. The number of halogens is 1. The Balaban J connectivity index is 1.10. The number of likely N-dealkylation sites (tertiary alicyclic amines) is 1. The summed E-state index contributed by atoms with van der Waals surface area (Å²) in [6.45, 7) is 6.20. The third-order valence-corrected chi connectivity index (χ3v) is 11.6. The standard InChI is InChI=1S/C35H38FN5O2S2/c1-23-5-7-28(38-21-23)34(24-10-14-40(15-11-24)16-12-36)39-25-6-8-30-32(19-25)44-31-4-2-3-27(35(31)45-30)29-22-41(17-18-43-29)26-9-13-37-33(42)20-26/h2-9,13,19-21,24,29,34,39H,10-12,14-18,22H2,1H3,(H,37,42). The highest BCUT2D eigenvalue weighted by Gasteiger charge is 2.31. The van der Waals surface area contributed by atoms with Crippen molar-refractivity contribution < 1.29 is 9.13 Å². The van der Waals surface area contributed by atoms with Gasteiger partial charge in [-0.25, -0.2) is 4.39 Å². The third-order valence-electron chi connectivity index (χ3n) is 9.00. The van der Waals surface area contributed by atoms with E-state index >= 15 is 0 Å². The van der Waals surface area contributed by atoms with Crippen LogP contribution < -0.4 is 15.8 Å². The van der Waals surface area contributed by atoms with Gasteiger partial charge in [0, 0.05) is 69.1 Å². The number of aromatic amines is 1. The molecule has 3 aliphatic rings. The zero-order valence-electron chi connectivity index (χ0n) is 25.4. The molecule has 0 spiro atoms. The smallest absolute Gasteiger partial charge is 0.249 e. The van der Waals surface area contributed by atoms with E-state index in [1.54, 1.807) is 24.0 Å². The second-order valence-electron chi connectivity index (χ2n) is 12.0. The van der Waals surface area contributed by atoms with Crippen LogP contribution in [0, 0.1) is 12.8 Å². The number of hydrogen-bond acceptors (Lipinski definition) is 8. The van der Waals surface area contributed by atoms with Crippen LogP contribution in [0.2, 0.25) is 0 Å². The molecule has 0 bridgehead atoms. The first kappa shape index (κ1) is 30.3. The van der Waals surface area contributed by atoms with Crippen LogP contribution in [0.25, 0.3) is 0 Å². The van der Waals surface area contributed by atoms with Crippen LogP contribution in [0.4, 0.5) is 15.8 Å². The van der Waals surface area contributed by atoms with Gasteiger partial charge in [-0.05, 0) is 86.3 Å². The van der Waals surface area contributed by atoms with Gasteiger partial charge in [-0.2, -0.15) is 0 Å². The van der Waals surface area contributed by atoms with Crippen molar-refractivity contribution in [1.82, 2.24) is 14.9 Å². The van der Waals surface area contributed by atoms with Crippen molar-refractivity contribution in [2.45, 2.75) is 51.5 Å². The molecule has 5 heterocycles. The topological polar surface area (TPSA) is 73.5 Å². The number of ether oxygens (including phenoxy) is 1. The molecule has 0 amide bonds. The average Bonchev–Trinajstić information content (AvgIpc) is 3.07. The molecule has 2 aromatic heterocycles. The van der Waals surface area contributed by atoms with E-state index < -0.39 is 0 Å². The van der Waals surface area contributed by atoms with E-state index in [2.05, 4.69) is 75.6 Å². The Bertz CT molecular complexity index is 1690. The summed E-state index contributed by atoms with van der Waals surface area (Å²) in [6.07, 6.45) is 5.60. The Hall–Kier alpha value is -3.31. The molecule has 2 fully saturated rings. The van der Waals surface area contributed by atoms with E-state index in [1.165, 1.54) is 25.1 Å². The molecule has 3 aliphatic heterocycles. The van der Waals surface area contributed by atoms with Crippen LogP contribution in [0.1, 0.15) is 41.8 Å². The lowest BCUT2D eigenvalue weighted by Gasteiger charge is -2.36. The second-order valence-corrected chi connectivity index (χ2v) is 14.1. The number of fused-ring (bicyclic) bond motifs is 2. The Labute approximate surface area is 272 Å². The molecule has 45 heavy (non-hydrogen) atoms. The maximum absolute atomic E-state index is 13.0. The fourth-order valence-electron chi connectivity index (χ4n) is 6.57. The number of H-pyrrole nitrogens is 1. The zero-order chi connectivity index (χ0) is 30.8. The van der Waals surface area contributed by atoms with E-state index in [4.69, 9.17) is 9.72 Å². The van der Waals surface area contributed by atoms with Gasteiger partial charge in [-0.1, -0.05) is 41.7 Å². The Morgan fingerprint density at radius 3 is 2.73 bits per heavy atom. The highest BCUT2D eigenvalue weighted by atomic mass is 32.2. The quantitative estimate of drug-likeness (QED) is 0.186. The van der Waals surface area contributed by atoms with Crippen molar-refractivity contribution in [2.75, 3.05) is 56.2 Å². The van der Waals surface area contributed by atoms with E-state index in [9.17, 15) is 9.18 Å². The van der Waals surface area contributed by atoms with Crippen LogP contribution in [0.3, 0.4) is 0 Å². The molecule has 2 atom stereocenters. The molecule has 7 rings (SSSR count). The molecule has 4 aromatic rings. The monoisotopic (exact) mass is 643 g/mol. The second kappa shape index (κ2) is 13.6. The van der Waals surface area contributed by atoms with Crippen LogP contribution in [-0.2, 0) is 4.74 Å². The van der Waals surface area contributed by atoms with Crippen molar-refractivity contribution >= 4 is 34.9 Å². The number of aromatic nitrogens is 2. The van der Waals surface area contributed by atoms with Gasteiger partial charge in [-0.3, -0.25) is 9.78 Å². The number of morpholine rings is 1. The number of rotatable bonds is 8. The van der Waals surface area contributed by atoms with Gasteiger partial charge >= 0.3 is 0 Å². The summed E-state index contributed by atoms with van der Waals surface area (Å²) in [6, 6.07) is 21.2. The first-order chi connectivity index (χ1) is 22.0. The molecule has 234 valence electrons. The minimum Gasteiger partial charge on any atom is -0.376 e. The van der Waals surface area contributed by atoms with Crippen molar-refractivity contribution in [3.05, 3.63) is 100 Å². The van der Waals surface area contributed by atoms with Crippen molar-refractivity contribution in [3.63, 3.8) is 0 Å². The molecular weight excluding hydrogens is 606 g/mol. The molecule has 0 saturated carbocycles. The molecule has 2 aromatic carbocycles. The molecular formula is C35H38FN5O2S2. The molecule has 0 radical (unpaired) electrons. The summed E-state index contributed by atoms with van der Waals surface area (Å²) in [5.74, 6) is 0.418. The van der Waals surface area contributed by atoms with Crippen molar-refractivity contribution in [2.24, 2.45) is 5.92 Å². The Kier molecular flexibility index (Phi) is 9.16. The summed E-state index contributed by atoms with van der Waals surface area (Å²) in [4.78, 5) is 28.9. The fourth-order valence-corrected chi connectivity index (χ4v) is 9.02. The summed E-state index contributed by atoms with van der Waals surface area (Å²) >= 11 is 3.62. The number of aryl methyl sites for hydroxylation is 1. The normalized spacial score (nSPS) is 19.5. The van der Waals surface area contributed by atoms with Crippen molar-refractivity contribution in [1.29, 1.82) is 0 Å². The lowest BCUT2D eigenvalue weighted by atomic mass is 9.87. The molecule has 2 saturated heterocycles. The highest BCUT2D eigenvalue weighted by molar-refractivity contribution is 8.05. The third kappa shape index (κ3) is 6.79. The largest absolute Gasteiger partial charge is 0.376 e. The minimum atomic E-state index is -0.288. The van der Waals surface area contributed by atoms with Crippen LogP contribution in [0.5, 0.6) is 0 Å². The lowest BCUT2D eigenvalue weighted by molar-refractivity contribution is 0.0379. The van der Waals surface area contributed by atoms with E-state index in [0.717, 1.165) is 55.1 Å². The number of anilines is 2. The van der Waals surface area contributed by atoms with Crippen LogP contribution >= 0.6 is 23.5 Å². The fraction of sp³-hybridized carbons (Fsp3) is 0.371. The zero-order valence-corrected chi connectivity index (χ0v) is 27.0. The molecule has 7 nitrogen and oxygen atoms in total. The number of benzene rings is 2. The Morgan fingerprint density at radius 2 is 1.93 bits per heavy atom. The lowest BCUT2D eigenvalue weighted by Crippen LogP contribution is -2.39. The predicted molar refractivity (Wildman–Crippen MR) is 180 cm³/mol. The summed E-state index contributed by atoms with van der Waals surface area (Å²) in [5, 5.41) is 3.87. The predicted octanol–water partition coefficient (Wildman–Crippen LogP) is 7.11. The Morgan fingerprint density at radius 1 is 1.04 bits per heavy atom. The average molecular weight is 644 g/mol. The van der Waals surface area contributed by atoms with Gasteiger partial charge in [0.1, 0.15) is 12.8 Å². The number of alkyl halides is 1.